The summed E-state index contributed by atoms with van der Waals surface area (Å²) in [5.74, 6) is 0.259. The fraction of sp³-hybridized carbons (Fsp3) is 0.222. The summed E-state index contributed by atoms with van der Waals surface area (Å²) in [6.07, 6.45) is -0.575. The number of hydrogen-bond acceptors (Lipinski definition) is 2. The van der Waals surface area contributed by atoms with Gasteiger partial charge in [-0.2, -0.15) is 0 Å². The van der Waals surface area contributed by atoms with Crippen molar-refractivity contribution in [3.05, 3.63) is 28.2 Å². The number of anilines is 1. The summed E-state index contributed by atoms with van der Waals surface area (Å²) < 4.78 is 4.71. The first kappa shape index (κ1) is 12.4. The first-order chi connectivity index (χ1) is 7.13. The molecule has 1 rings (SSSR count). The van der Waals surface area contributed by atoms with E-state index in [9.17, 15) is 4.79 Å². The lowest BCUT2D eigenvalue weighted by Crippen LogP contribution is -2.14. The summed E-state index contributed by atoms with van der Waals surface area (Å²) in [7, 11) is 0. The average Bonchev–Trinajstić information content (AvgIpc) is 2.20. The maximum absolute atomic E-state index is 11.1. The van der Waals surface area contributed by atoms with Crippen LogP contribution in [0.5, 0.6) is 0 Å². The molecule has 0 saturated heterocycles. The van der Waals surface area contributed by atoms with Crippen LogP contribution in [0.3, 0.4) is 0 Å². The lowest BCUT2D eigenvalue weighted by atomic mass is 10.3. The van der Waals surface area contributed by atoms with E-state index in [2.05, 4.69) is 5.32 Å². The predicted molar refractivity (Wildman–Crippen MR) is 62.2 cm³/mol. The minimum Gasteiger partial charge on any atom is -0.448 e. The number of halogens is 3. The Morgan fingerprint density at radius 2 is 2.07 bits per heavy atom. The largest absolute Gasteiger partial charge is 0.448 e. The third kappa shape index (κ3) is 4.16. The molecule has 0 fully saturated rings. The zero-order valence-electron chi connectivity index (χ0n) is 7.60. The van der Waals surface area contributed by atoms with Gasteiger partial charge in [0.05, 0.1) is 15.9 Å². The molecule has 0 aliphatic heterocycles. The number of alkyl halides is 1. The van der Waals surface area contributed by atoms with Crippen LogP contribution in [0.2, 0.25) is 10.0 Å². The molecule has 15 heavy (non-hydrogen) atoms. The lowest BCUT2D eigenvalue weighted by Gasteiger charge is -2.06. The van der Waals surface area contributed by atoms with Gasteiger partial charge in [0.1, 0.15) is 6.61 Å². The number of ether oxygens (including phenoxy) is 1. The SMILES string of the molecule is O=C(Nc1ccc(Cl)c(Cl)c1)OCCCl. The van der Waals surface area contributed by atoms with Crippen molar-refractivity contribution in [3.63, 3.8) is 0 Å². The Morgan fingerprint density at radius 3 is 2.67 bits per heavy atom. The third-order valence-electron chi connectivity index (χ3n) is 1.48. The van der Waals surface area contributed by atoms with Gasteiger partial charge in [-0.15, -0.1) is 11.6 Å². The Labute approximate surface area is 102 Å². The number of benzene rings is 1. The van der Waals surface area contributed by atoms with Crippen LogP contribution < -0.4 is 5.32 Å². The standard InChI is InChI=1S/C9H8Cl3NO2/c10-3-4-15-9(14)13-6-1-2-7(11)8(12)5-6/h1-2,5H,3-4H2,(H,13,14). The Hall–Kier alpha value is -0.640. The molecule has 0 aliphatic carbocycles. The Bertz CT molecular complexity index is 357. The van der Waals surface area contributed by atoms with Gasteiger partial charge in [-0.05, 0) is 18.2 Å². The number of hydrogen-bond donors (Lipinski definition) is 1. The van der Waals surface area contributed by atoms with Crippen molar-refractivity contribution in [3.8, 4) is 0 Å². The highest BCUT2D eigenvalue weighted by atomic mass is 35.5. The molecule has 0 atom stereocenters. The molecule has 0 heterocycles. The van der Waals surface area contributed by atoms with E-state index < -0.39 is 6.09 Å². The first-order valence-corrected chi connectivity index (χ1v) is 5.37. The van der Waals surface area contributed by atoms with Crippen molar-refractivity contribution in [2.75, 3.05) is 17.8 Å². The fourth-order valence-electron chi connectivity index (χ4n) is 0.859. The van der Waals surface area contributed by atoms with Gasteiger partial charge in [-0.25, -0.2) is 4.79 Å². The predicted octanol–water partition coefficient (Wildman–Crippen LogP) is 3.78. The van der Waals surface area contributed by atoms with Gasteiger partial charge >= 0.3 is 6.09 Å². The summed E-state index contributed by atoms with van der Waals surface area (Å²) in [5, 5.41) is 3.28. The van der Waals surface area contributed by atoms with Gasteiger partial charge in [0.25, 0.3) is 0 Å². The quantitative estimate of drug-likeness (QED) is 0.847. The van der Waals surface area contributed by atoms with E-state index in [1.807, 2.05) is 0 Å². The van der Waals surface area contributed by atoms with Crippen molar-refractivity contribution in [2.24, 2.45) is 0 Å². The molecule has 3 nitrogen and oxygen atoms in total. The Balaban J connectivity index is 2.57. The fourth-order valence-corrected chi connectivity index (χ4v) is 1.23. The van der Waals surface area contributed by atoms with Crippen LogP contribution in [0.1, 0.15) is 0 Å². The molecule has 1 aromatic carbocycles. The van der Waals surface area contributed by atoms with Crippen LogP contribution in [0.15, 0.2) is 18.2 Å². The summed E-state index contributed by atoms with van der Waals surface area (Å²) in [6, 6.07) is 4.74. The van der Waals surface area contributed by atoms with Crippen LogP contribution in [-0.4, -0.2) is 18.6 Å². The van der Waals surface area contributed by atoms with Crippen LogP contribution >= 0.6 is 34.8 Å². The molecular formula is C9H8Cl3NO2. The lowest BCUT2D eigenvalue weighted by molar-refractivity contribution is 0.168. The van der Waals surface area contributed by atoms with Gasteiger partial charge in [-0.3, -0.25) is 5.32 Å². The van der Waals surface area contributed by atoms with Crippen molar-refractivity contribution < 1.29 is 9.53 Å². The highest BCUT2D eigenvalue weighted by Gasteiger charge is 2.04. The molecule has 82 valence electrons. The topological polar surface area (TPSA) is 38.3 Å². The smallest absolute Gasteiger partial charge is 0.411 e. The highest BCUT2D eigenvalue weighted by Crippen LogP contribution is 2.24. The van der Waals surface area contributed by atoms with Crippen LogP contribution in [0.4, 0.5) is 10.5 Å². The zero-order chi connectivity index (χ0) is 11.3. The maximum atomic E-state index is 11.1. The number of carbonyl (C=O) groups is 1. The molecule has 0 aliphatic rings. The van der Waals surface area contributed by atoms with E-state index in [4.69, 9.17) is 39.5 Å². The van der Waals surface area contributed by atoms with E-state index in [1.165, 1.54) is 6.07 Å². The highest BCUT2D eigenvalue weighted by molar-refractivity contribution is 6.42. The van der Waals surface area contributed by atoms with Crippen molar-refractivity contribution in [2.45, 2.75) is 0 Å². The van der Waals surface area contributed by atoms with Crippen molar-refractivity contribution in [1.82, 2.24) is 0 Å². The molecule has 0 saturated carbocycles. The Kier molecular flexibility index (Phi) is 5.02. The molecule has 0 spiro atoms. The summed E-state index contributed by atoms with van der Waals surface area (Å²) >= 11 is 16.8. The molecule has 0 radical (unpaired) electrons. The monoisotopic (exact) mass is 267 g/mol. The summed E-state index contributed by atoms with van der Waals surface area (Å²) in [6.45, 7) is 0.161. The molecule has 0 unspecified atom stereocenters. The van der Waals surface area contributed by atoms with Crippen molar-refractivity contribution >= 4 is 46.6 Å². The minimum atomic E-state index is -0.575. The number of amides is 1. The minimum absolute atomic E-state index is 0.161. The van der Waals surface area contributed by atoms with Gasteiger partial charge in [-0.1, -0.05) is 23.2 Å². The number of carbonyl (C=O) groups excluding carboxylic acids is 1. The number of rotatable bonds is 3. The van der Waals surface area contributed by atoms with Crippen LogP contribution in [-0.2, 0) is 4.74 Å². The van der Waals surface area contributed by atoms with E-state index in [0.29, 0.717) is 15.7 Å². The van der Waals surface area contributed by atoms with Gasteiger partial charge in [0.15, 0.2) is 0 Å². The van der Waals surface area contributed by atoms with Crippen molar-refractivity contribution in [1.29, 1.82) is 0 Å². The number of nitrogens with one attached hydrogen (secondary N) is 1. The van der Waals surface area contributed by atoms with Gasteiger partial charge in [0, 0.05) is 5.69 Å². The zero-order valence-corrected chi connectivity index (χ0v) is 9.86. The van der Waals surface area contributed by atoms with Gasteiger partial charge in [0.2, 0.25) is 0 Å². The summed E-state index contributed by atoms with van der Waals surface area (Å²) in [4.78, 5) is 11.1. The molecule has 6 heteroatoms. The first-order valence-electron chi connectivity index (χ1n) is 4.08. The second kappa shape index (κ2) is 6.05. The second-order valence-corrected chi connectivity index (χ2v) is 3.77. The maximum Gasteiger partial charge on any atom is 0.411 e. The van der Waals surface area contributed by atoms with E-state index in [0.717, 1.165) is 0 Å². The third-order valence-corrected chi connectivity index (χ3v) is 2.37. The van der Waals surface area contributed by atoms with Gasteiger partial charge < -0.3 is 4.74 Å². The van der Waals surface area contributed by atoms with E-state index in [-0.39, 0.29) is 12.5 Å². The second-order valence-electron chi connectivity index (χ2n) is 2.58. The summed E-state index contributed by atoms with van der Waals surface area (Å²) in [5.41, 5.74) is 0.518. The van der Waals surface area contributed by atoms with Crippen LogP contribution in [0.25, 0.3) is 0 Å². The molecule has 1 N–H and O–H groups in total. The van der Waals surface area contributed by atoms with Crippen LogP contribution in [0, 0.1) is 0 Å². The Morgan fingerprint density at radius 1 is 1.33 bits per heavy atom. The molecule has 1 amide bonds. The normalized spacial score (nSPS) is 9.80. The molecular weight excluding hydrogens is 260 g/mol. The molecule has 0 aromatic heterocycles. The molecule has 0 bridgehead atoms. The van der Waals surface area contributed by atoms with E-state index >= 15 is 0 Å². The molecule has 1 aromatic rings. The van der Waals surface area contributed by atoms with E-state index in [1.54, 1.807) is 12.1 Å². The average molecular weight is 269 g/mol.